The minimum absolute atomic E-state index is 0.0520. The van der Waals surface area contributed by atoms with Crippen LogP contribution in [0.3, 0.4) is 0 Å². The number of hydrogen-bond donors (Lipinski definition) is 2. The Kier molecular flexibility index (Phi) is 6.03. The number of nitrogens with zero attached hydrogens (tertiary/aromatic N) is 1. The third kappa shape index (κ3) is 4.74. The van der Waals surface area contributed by atoms with E-state index in [-0.39, 0.29) is 11.7 Å². The van der Waals surface area contributed by atoms with Crippen LogP contribution in [0.15, 0.2) is 48.5 Å². The Hall–Kier alpha value is -2.49. The van der Waals surface area contributed by atoms with Crippen molar-refractivity contribution >= 4 is 17.3 Å². The fourth-order valence-electron chi connectivity index (χ4n) is 2.54. The molecule has 0 aliphatic carbocycles. The molecule has 0 spiro atoms. The standard InChI is InChI=1S/C19H24N2O2/c1-3-21(4-2)17-12-10-16(11-13-17)20-19(23)14-9-15-7-5-6-8-18(15)22/h5-8,10-13,22H,3-4,9,14H2,1-2H3,(H,20,23). The molecule has 1 amide bonds. The van der Waals surface area contributed by atoms with Gasteiger partial charge in [-0.2, -0.15) is 0 Å². The smallest absolute Gasteiger partial charge is 0.224 e. The van der Waals surface area contributed by atoms with Gasteiger partial charge in [0.1, 0.15) is 5.75 Å². The summed E-state index contributed by atoms with van der Waals surface area (Å²) >= 11 is 0. The van der Waals surface area contributed by atoms with Crippen LogP contribution in [0.2, 0.25) is 0 Å². The monoisotopic (exact) mass is 312 g/mol. The molecule has 0 bridgehead atoms. The van der Waals surface area contributed by atoms with Gasteiger partial charge in [-0.15, -0.1) is 0 Å². The molecule has 0 fully saturated rings. The van der Waals surface area contributed by atoms with E-state index in [1.54, 1.807) is 12.1 Å². The highest BCUT2D eigenvalue weighted by molar-refractivity contribution is 5.91. The van der Waals surface area contributed by atoms with Crippen LogP contribution in [0.4, 0.5) is 11.4 Å². The van der Waals surface area contributed by atoms with Crippen molar-refractivity contribution < 1.29 is 9.90 Å². The summed E-state index contributed by atoms with van der Waals surface area (Å²) in [7, 11) is 0. The molecule has 2 rings (SSSR count). The van der Waals surface area contributed by atoms with Gasteiger partial charge in [0.25, 0.3) is 0 Å². The van der Waals surface area contributed by atoms with Gasteiger partial charge in [-0.25, -0.2) is 0 Å². The topological polar surface area (TPSA) is 52.6 Å². The third-order valence-electron chi connectivity index (χ3n) is 3.89. The Morgan fingerprint density at radius 2 is 1.70 bits per heavy atom. The van der Waals surface area contributed by atoms with Crippen molar-refractivity contribution in [2.45, 2.75) is 26.7 Å². The number of anilines is 2. The van der Waals surface area contributed by atoms with Crippen molar-refractivity contribution in [3.05, 3.63) is 54.1 Å². The number of carbonyl (C=O) groups is 1. The fraction of sp³-hybridized carbons (Fsp3) is 0.316. The first-order chi connectivity index (χ1) is 11.1. The van der Waals surface area contributed by atoms with Crippen LogP contribution in [0.25, 0.3) is 0 Å². The van der Waals surface area contributed by atoms with E-state index in [0.29, 0.717) is 12.8 Å². The van der Waals surface area contributed by atoms with Crippen molar-refractivity contribution in [3.63, 3.8) is 0 Å². The molecule has 0 unspecified atom stereocenters. The summed E-state index contributed by atoms with van der Waals surface area (Å²) < 4.78 is 0. The van der Waals surface area contributed by atoms with E-state index in [9.17, 15) is 9.90 Å². The first kappa shape index (κ1) is 16.9. The molecule has 0 aliphatic rings. The zero-order valence-corrected chi connectivity index (χ0v) is 13.7. The third-order valence-corrected chi connectivity index (χ3v) is 3.89. The molecule has 0 atom stereocenters. The van der Waals surface area contributed by atoms with Gasteiger partial charge in [0.15, 0.2) is 0 Å². The molecule has 0 aromatic heterocycles. The van der Waals surface area contributed by atoms with E-state index < -0.39 is 0 Å². The molecule has 0 saturated heterocycles. The van der Waals surface area contributed by atoms with Crippen LogP contribution < -0.4 is 10.2 Å². The van der Waals surface area contributed by atoms with E-state index >= 15 is 0 Å². The largest absolute Gasteiger partial charge is 0.508 e. The lowest BCUT2D eigenvalue weighted by atomic mass is 10.1. The second-order valence-electron chi connectivity index (χ2n) is 5.40. The van der Waals surface area contributed by atoms with Crippen LogP contribution in [-0.4, -0.2) is 24.1 Å². The zero-order chi connectivity index (χ0) is 16.7. The van der Waals surface area contributed by atoms with Crippen molar-refractivity contribution in [2.75, 3.05) is 23.3 Å². The van der Waals surface area contributed by atoms with Crippen LogP contribution in [0, 0.1) is 0 Å². The van der Waals surface area contributed by atoms with Gasteiger partial charge < -0.3 is 15.3 Å². The molecule has 2 aromatic rings. The van der Waals surface area contributed by atoms with Crippen LogP contribution in [-0.2, 0) is 11.2 Å². The summed E-state index contributed by atoms with van der Waals surface area (Å²) in [6.45, 7) is 6.17. The number of rotatable bonds is 7. The molecule has 0 radical (unpaired) electrons. The van der Waals surface area contributed by atoms with Gasteiger partial charge in [0, 0.05) is 30.9 Å². The number of amides is 1. The Balaban J connectivity index is 1.89. The van der Waals surface area contributed by atoms with Crippen molar-refractivity contribution in [2.24, 2.45) is 0 Å². The molecule has 2 aromatic carbocycles. The number of aromatic hydroxyl groups is 1. The molecular formula is C19H24N2O2. The highest BCUT2D eigenvalue weighted by Crippen LogP contribution is 2.19. The summed E-state index contributed by atoms with van der Waals surface area (Å²) in [5.74, 6) is 0.188. The molecule has 2 N–H and O–H groups in total. The number of nitrogens with one attached hydrogen (secondary N) is 1. The molecule has 23 heavy (non-hydrogen) atoms. The van der Waals surface area contributed by atoms with Gasteiger partial charge in [0.2, 0.25) is 5.91 Å². The molecule has 122 valence electrons. The normalized spacial score (nSPS) is 10.3. The highest BCUT2D eigenvalue weighted by atomic mass is 16.3. The number of benzene rings is 2. The average molecular weight is 312 g/mol. The number of phenolic OH excluding ortho intramolecular Hbond substituents is 1. The van der Waals surface area contributed by atoms with Crippen molar-refractivity contribution in [3.8, 4) is 5.75 Å². The summed E-state index contributed by atoms with van der Waals surface area (Å²) in [6.07, 6.45) is 0.866. The molecule has 0 heterocycles. The van der Waals surface area contributed by atoms with Gasteiger partial charge >= 0.3 is 0 Å². The second kappa shape index (κ2) is 8.22. The van der Waals surface area contributed by atoms with E-state index in [0.717, 1.165) is 30.0 Å². The van der Waals surface area contributed by atoms with Gasteiger partial charge in [-0.3, -0.25) is 4.79 Å². The van der Waals surface area contributed by atoms with E-state index in [1.807, 2.05) is 36.4 Å². The van der Waals surface area contributed by atoms with Crippen LogP contribution >= 0.6 is 0 Å². The highest BCUT2D eigenvalue weighted by Gasteiger charge is 2.07. The number of carbonyl (C=O) groups excluding carboxylic acids is 1. The first-order valence-electron chi connectivity index (χ1n) is 8.05. The fourth-order valence-corrected chi connectivity index (χ4v) is 2.54. The van der Waals surface area contributed by atoms with Gasteiger partial charge in [0.05, 0.1) is 0 Å². The van der Waals surface area contributed by atoms with E-state index in [4.69, 9.17) is 0 Å². The molecule has 0 saturated carbocycles. The summed E-state index contributed by atoms with van der Waals surface area (Å²) in [5, 5.41) is 12.6. The lowest BCUT2D eigenvalue weighted by Gasteiger charge is -2.21. The summed E-state index contributed by atoms with van der Waals surface area (Å²) in [4.78, 5) is 14.3. The predicted octanol–water partition coefficient (Wildman–Crippen LogP) is 3.81. The van der Waals surface area contributed by atoms with Gasteiger partial charge in [-0.1, -0.05) is 18.2 Å². The van der Waals surface area contributed by atoms with Crippen LogP contribution in [0.5, 0.6) is 5.75 Å². The lowest BCUT2D eigenvalue weighted by molar-refractivity contribution is -0.116. The minimum Gasteiger partial charge on any atom is -0.508 e. The van der Waals surface area contributed by atoms with E-state index in [2.05, 4.69) is 24.1 Å². The minimum atomic E-state index is -0.0520. The maximum absolute atomic E-state index is 12.0. The Morgan fingerprint density at radius 1 is 1.04 bits per heavy atom. The number of hydrogen-bond acceptors (Lipinski definition) is 3. The molecule has 0 aliphatic heterocycles. The second-order valence-corrected chi connectivity index (χ2v) is 5.40. The quantitative estimate of drug-likeness (QED) is 0.817. The molecule has 4 nitrogen and oxygen atoms in total. The average Bonchev–Trinajstić information content (AvgIpc) is 2.57. The van der Waals surface area contributed by atoms with Crippen molar-refractivity contribution in [1.82, 2.24) is 0 Å². The van der Waals surface area contributed by atoms with E-state index in [1.165, 1.54) is 0 Å². The summed E-state index contributed by atoms with van der Waals surface area (Å²) in [6, 6.07) is 15.0. The van der Waals surface area contributed by atoms with Crippen LogP contribution in [0.1, 0.15) is 25.8 Å². The molecular weight excluding hydrogens is 288 g/mol. The summed E-state index contributed by atoms with van der Waals surface area (Å²) in [5.41, 5.74) is 2.74. The maximum atomic E-state index is 12.0. The van der Waals surface area contributed by atoms with Crippen molar-refractivity contribution in [1.29, 1.82) is 0 Å². The lowest BCUT2D eigenvalue weighted by Crippen LogP contribution is -2.21. The Morgan fingerprint density at radius 3 is 2.30 bits per heavy atom. The number of phenols is 1. The Bertz CT molecular complexity index is 634. The molecule has 4 heteroatoms. The first-order valence-corrected chi connectivity index (χ1v) is 8.05. The Labute approximate surface area is 137 Å². The SMILES string of the molecule is CCN(CC)c1ccc(NC(=O)CCc2ccccc2O)cc1. The predicted molar refractivity (Wildman–Crippen MR) is 95.1 cm³/mol. The maximum Gasteiger partial charge on any atom is 0.224 e. The number of aryl methyl sites for hydroxylation is 1. The number of para-hydroxylation sites is 1. The zero-order valence-electron chi connectivity index (χ0n) is 13.7. The van der Waals surface area contributed by atoms with Gasteiger partial charge in [-0.05, 0) is 56.2 Å².